The van der Waals surface area contributed by atoms with Crippen LogP contribution in [0, 0.1) is 5.82 Å². The monoisotopic (exact) mass is 314 g/mol. The first kappa shape index (κ1) is 14.6. The number of hydrogen-bond donors (Lipinski definition) is 1. The lowest BCUT2D eigenvalue weighted by Gasteiger charge is -2.30. The molecule has 23 heavy (non-hydrogen) atoms. The van der Waals surface area contributed by atoms with Gasteiger partial charge in [0.25, 0.3) is 5.91 Å². The Labute approximate surface area is 134 Å². The summed E-state index contributed by atoms with van der Waals surface area (Å²) in [4.78, 5) is 16.8. The molecule has 0 bridgehead atoms. The summed E-state index contributed by atoms with van der Waals surface area (Å²) in [5.41, 5.74) is 0.130. The number of carbonyl (C=O) groups excluding carboxylic acids is 1. The van der Waals surface area contributed by atoms with Gasteiger partial charge >= 0.3 is 0 Å². The van der Waals surface area contributed by atoms with Crippen molar-refractivity contribution in [2.45, 2.75) is 43.7 Å². The van der Waals surface area contributed by atoms with E-state index in [1.54, 1.807) is 18.5 Å². The molecule has 1 atom stereocenters. The van der Waals surface area contributed by atoms with Crippen LogP contribution < -0.4 is 5.32 Å². The predicted octanol–water partition coefficient (Wildman–Crippen LogP) is 3.21. The van der Waals surface area contributed by atoms with Gasteiger partial charge in [0.2, 0.25) is 0 Å². The van der Waals surface area contributed by atoms with E-state index in [2.05, 4.69) is 10.3 Å². The van der Waals surface area contributed by atoms with Gasteiger partial charge in [0.05, 0.1) is 17.2 Å². The van der Waals surface area contributed by atoms with E-state index in [0.717, 1.165) is 32.1 Å². The molecular formula is C18H19FN2O2. The third-order valence-corrected chi connectivity index (χ3v) is 5.15. The Morgan fingerprint density at radius 2 is 2.17 bits per heavy atom. The summed E-state index contributed by atoms with van der Waals surface area (Å²) in [5, 5.41) is 4.44. The fourth-order valence-electron chi connectivity index (χ4n) is 4.00. The largest absolute Gasteiger partial charge is 0.373 e. The number of halogens is 1. The van der Waals surface area contributed by atoms with Gasteiger partial charge in [0.1, 0.15) is 5.82 Å². The molecule has 1 saturated heterocycles. The molecule has 1 aromatic heterocycles. The molecule has 1 aliphatic heterocycles. The van der Waals surface area contributed by atoms with Crippen molar-refractivity contribution in [3.05, 3.63) is 42.0 Å². The molecule has 1 saturated carbocycles. The van der Waals surface area contributed by atoms with Gasteiger partial charge in [0.15, 0.2) is 0 Å². The van der Waals surface area contributed by atoms with Gasteiger partial charge in [-0.1, -0.05) is 12.8 Å². The quantitative estimate of drug-likeness (QED) is 0.926. The van der Waals surface area contributed by atoms with Crippen molar-refractivity contribution in [3.63, 3.8) is 0 Å². The van der Waals surface area contributed by atoms with Crippen LogP contribution in [0.3, 0.4) is 0 Å². The maximum Gasteiger partial charge on any atom is 0.252 e. The molecule has 2 heterocycles. The fraction of sp³-hybridized carbons (Fsp3) is 0.444. The molecule has 1 spiro atoms. The van der Waals surface area contributed by atoms with Crippen molar-refractivity contribution in [2.24, 2.45) is 0 Å². The number of carbonyl (C=O) groups is 1. The molecule has 4 nitrogen and oxygen atoms in total. The first-order valence-corrected chi connectivity index (χ1v) is 8.16. The smallest absolute Gasteiger partial charge is 0.252 e. The Balaban J connectivity index is 1.65. The Bertz CT molecular complexity index is 750. The number of amides is 1. The van der Waals surface area contributed by atoms with Gasteiger partial charge in [-0.2, -0.15) is 0 Å². The van der Waals surface area contributed by atoms with Crippen molar-refractivity contribution < 1.29 is 13.9 Å². The topological polar surface area (TPSA) is 51.2 Å². The molecule has 1 unspecified atom stereocenters. The summed E-state index contributed by atoms with van der Waals surface area (Å²) in [6, 6.07) is 4.43. The summed E-state index contributed by atoms with van der Waals surface area (Å²) in [5.74, 6) is -0.656. The lowest BCUT2D eigenvalue weighted by Crippen LogP contribution is -2.48. The Hall–Kier alpha value is -2.01. The number of nitrogens with one attached hydrogen (secondary N) is 1. The highest BCUT2D eigenvalue weighted by Gasteiger charge is 2.46. The number of aromatic nitrogens is 1. The number of fused-ring (bicyclic) bond motifs is 1. The average molecular weight is 314 g/mol. The van der Waals surface area contributed by atoms with Crippen LogP contribution in [0.25, 0.3) is 10.8 Å². The highest BCUT2D eigenvalue weighted by molar-refractivity contribution is 6.06. The van der Waals surface area contributed by atoms with E-state index in [0.29, 0.717) is 22.9 Å². The first-order chi connectivity index (χ1) is 11.2. The zero-order chi connectivity index (χ0) is 15.9. The SMILES string of the molecule is O=C(NC1CCOC12CCCC2)c1cc(F)cc2ccncc12. The van der Waals surface area contributed by atoms with E-state index >= 15 is 0 Å². The third kappa shape index (κ3) is 2.49. The summed E-state index contributed by atoms with van der Waals surface area (Å²) >= 11 is 0. The molecule has 4 rings (SSSR count). The van der Waals surface area contributed by atoms with Crippen LogP contribution in [0.1, 0.15) is 42.5 Å². The van der Waals surface area contributed by atoms with Gasteiger partial charge in [-0.05, 0) is 42.8 Å². The van der Waals surface area contributed by atoms with E-state index in [9.17, 15) is 9.18 Å². The molecular weight excluding hydrogens is 295 g/mol. The second-order valence-electron chi connectivity index (χ2n) is 6.49. The Morgan fingerprint density at radius 1 is 1.35 bits per heavy atom. The molecule has 1 N–H and O–H groups in total. The zero-order valence-corrected chi connectivity index (χ0v) is 12.8. The lowest BCUT2D eigenvalue weighted by atomic mass is 9.92. The molecule has 2 aliphatic rings. The molecule has 0 radical (unpaired) electrons. The minimum atomic E-state index is -0.410. The van der Waals surface area contributed by atoms with Crippen LogP contribution in [0.5, 0.6) is 0 Å². The van der Waals surface area contributed by atoms with Crippen LogP contribution >= 0.6 is 0 Å². The standard InChI is InChI=1S/C18H19FN2O2/c19-13-9-12-3-7-20-11-15(12)14(10-13)17(22)21-16-4-8-23-18(16)5-1-2-6-18/h3,7,9-11,16H,1-2,4-6,8H2,(H,21,22). The van der Waals surface area contributed by atoms with Crippen LogP contribution in [0.2, 0.25) is 0 Å². The van der Waals surface area contributed by atoms with Crippen LogP contribution in [0.4, 0.5) is 4.39 Å². The zero-order valence-electron chi connectivity index (χ0n) is 12.8. The lowest BCUT2D eigenvalue weighted by molar-refractivity contribution is -0.00399. The van der Waals surface area contributed by atoms with Crippen molar-refractivity contribution in [1.29, 1.82) is 0 Å². The second kappa shape index (κ2) is 5.57. The highest BCUT2D eigenvalue weighted by atomic mass is 19.1. The van der Waals surface area contributed by atoms with E-state index in [4.69, 9.17) is 4.74 Å². The number of benzene rings is 1. The predicted molar refractivity (Wildman–Crippen MR) is 84.7 cm³/mol. The van der Waals surface area contributed by atoms with Crippen LogP contribution in [-0.4, -0.2) is 29.1 Å². The van der Waals surface area contributed by atoms with Crippen LogP contribution in [-0.2, 0) is 4.74 Å². The number of hydrogen-bond acceptors (Lipinski definition) is 3. The van der Waals surface area contributed by atoms with Gasteiger partial charge in [-0.25, -0.2) is 4.39 Å². The van der Waals surface area contributed by atoms with E-state index < -0.39 is 5.82 Å². The first-order valence-electron chi connectivity index (χ1n) is 8.16. The van der Waals surface area contributed by atoms with Gasteiger partial charge in [-0.3, -0.25) is 9.78 Å². The van der Waals surface area contributed by atoms with Crippen molar-refractivity contribution in [1.82, 2.24) is 10.3 Å². The Morgan fingerprint density at radius 3 is 3.00 bits per heavy atom. The van der Waals surface area contributed by atoms with Crippen LogP contribution in [0.15, 0.2) is 30.6 Å². The average Bonchev–Trinajstić information content (AvgIpc) is 3.17. The minimum absolute atomic E-state index is 0.00693. The number of ether oxygens (including phenoxy) is 1. The van der Waals surface area contributed by atoms with E-state index in [1.807, 2.05) is 0 Å². The Kier molecular flexibility index (Phi) is 3.53. The third-order valence-electron chi connectivity index (χ3n) is 5.15. The minimum Gasteiger partial charge on any atom is -0.373 e. The fourth-order valence-corrected chi connectivity index (χ4v) is 4.00. The van der Waals surface area contributed by atoms with Crippen molar-refractivity contribution in [3.8, 4) is 0 Å². The van der Waals surface area contributed by atoms with Crippen molar-refractivity contribution in [2.75, 3.05) is 6.61 Å². The molecule has 1 aromatic carbocycles. The summed E-state index contributed by atoms with van der Waals surface area (Å²) in [6.45, 7) is 0.677. The maximum atomic E-state index is 13.8. The van der Waals surface area contributed by atoms with E-state index in [-0.39, 0.29) is 17.6 Å². The van der Waals surface area contributed by atoms with E-state index in [1.165, 1.54) is 12.1 Å². The van der Waals surface area contributed by atoms with Gasteiger partial charge in [-0.15, -0.1) is 0 Å². The second-order valence-corrected chi connectivity index (χ2v) is 6.49. The molecule has 120 valence electrons. The summed E-state index contributed by atoms with van der Waals surface area (Å²) < 4.78 is 19.8. The summed E-state index contributed by atoms with van der Waals surface area (Å²) in [6.07, 6.45) is 8.28. The molecule has 1 amide bonds. The highest BCUT2D eigenvalue weighted by Crippen LogP contribution is 2.41. The van der Waals surface area contributed by atoms with Gasteiger partial charge < -0.3 is 10.1 Å². The number of pyridine rings is 1. The number of nitrogens with zero attached hydrogens (tertiary/aromatic N) is 1. The molecule has 1 aliphatic carbocycles. The molecule has 2 aromatic rings. The normalized spacial score (nSPS) is 22.7. The van der Waals surface area contributed by atoms with Crippen molar-refractivity contribution >= 4 is 16.7 Å². The molecule has 2 fully saturated rings. The molecule has 5 heteroatoms. The summed E-state index contributed by atoms with van der Waals surface area (Å²) in [7, 11) is 0. The van der Waals surface area contributed by atoms with Gasteiger partial charge in [0, 0.05) is 24.4 Å². The number of rotatable bonds is 2. The maximum absolute atomic E-state index is 13.8.